The van der Waals surface area contributed by atoms with Gasteiger partial charge in [-0.05, 0) is 65.9 Å². The number of amides is 1. The van der Waals surface area contributed by atoms with Crippen LogP contribution in [0.3, 0.4) is 0 Å². The van der Waals surface area contributed by atoms with E-state index in [0.717, 1.165) is 9.26 Å². The van der Waals surface area contributed by atoms with Crippen molar-refractivity contribution in [1.29, 1.82) is 0 Å². The summed E-state index contributed by atoms with van der Waals surface area (Å²) in [5.74, 6) is -0.0307. The summed E-state index contributed by atoms with van der Waals surface area (Å²) in [6.45, 7) is 2.52. The summed E-state index contributed by atoms with van der Waals surface area (Å²) in [5.41, 5.74) is 7.99. The molecule has 0 aromatic heterocycles. The lowest BCUT2D eigenvalue weighted by atomic mass is 10.1. The van der Waals surface area contributed by atoms with Crippen molar-refractivity contribution in [2.75, 3.05) is 17.2 Å². The fourth-order valence-electron chi connectivity index (χ4n) is 1.90. The number of carbonyl (C=O) groups is 1. The van der Waals surface area contributed by atoms with Crippen LogP contribution in [-0.2, 0) is 0 Å². The minimum Gasteiger partial charge on any atom is -0.397 e. The molecular formula is C15H15IN2O. The average molecular weight is 366 g/mol. The zero-order valence-corrected chi connectivity index (χ0v) is 12.8. The highest BCUT2D eigenvalue weighted by atomic mass is 127. The molecule has 0 aliphatic carbocycles. The first-order valence-electron chi connectivity index (χ1n) is 6.05. The Morgan fingerprint density at radius 3 is 2.37 bits per heavy atom. The van der Waals surface area contributed by atoms with E-state index in [1.54, 1.807) is 11.0 Å². The van der Waals surface area contributed by atoms with Gasteiger partial charge in [-0.25, -0.2) is 0 Å². The van der Waals surface area contributed by atoms with Crippen molar-refractivity contribution in [2.24, 2.45) is 0 Å². The normalized spacial score (nSPS) is 10.2. The van der Waals surface area contributed by atoms with Crippen molar-refractivity contribution in [3.8, 4) is 0 Å². The van der Waals surface area contributed by atoms with Gasteiger partial charge >= 0.3 is 0 Å². The number of benzene rings is 2. The van der Waals surface area contributed by atoms with Crippen LogP contribution in [0, 0.1) is 3.57 Å². The summed E-state index contributed by atoms with van der Waals surface area (Å²) in [5, 5.41) is 0. The van der Waals surface area contributed by atoms with Gasteiger partial charge in [0.1, 0.15) is 0 Å². The second kappa shape index (κ2) is 6.06. The van der Waals surface area contributed by atoms with Crippen LogP contribution in [0.1, 0.15) is 17.3 Å². The predicted molar refractivity (Wildman–Crippen MR) is 87.4 cm³/mol. The van der Waals surface area contributed by atoms with E-state index in [1.807, 2.05) is 49.4 Å². The largest absolute Gasteiger partial charge is 0.397 e. The number of nitrogens with two attached hydrogens (primary N) is 1. The van der Waals surface area contributed by atoms with Gasteiger partial charge in [0.15, 0.2) is 0 Å². The molecule has 98 valence electrons. The summed E-state index contributed by atoms with van der Waals surface area (Å²) in [4.78, 5) is 14.2. The van der Waals surface area contributed by atoms with E-state index >= 15 is 0 Å². The molecule has 0 saturated heterocycles. The van der Waals surface area contributed by atoms with Gasteiger partial charge in [0.2, 0.25) is 0 Å². The molecule has 0 aliphatic rings. The fraction of sp³-hybridized carbons (Fsp3) is 0.133. The van der Waals surface area contributed by atoms with Crippen molar-refractivity contribution in [3.05, 3.63) is 57.7 Å². The molecule has 0 unspecified atom stereocenters. The van der Waals surface area contributed by atoms with Crippen LogP contribution in [0.4, 0.5) is 11.4 Å². The van der Waals surface area contributed by atoms with Crippen molar-refractivity contribution in [1.82, 2.24) is 0 Å². The smallest absolute Gasteiger partial charge is 0.258 e. The monoisotopic (exact) mass is 366 g/mol. The molecule has 0 radical (unpaired) electrons. The Kier molecular flexibility index (Phi) is 4.42. The van der Waals surface area contributed by atoms with E-state index in [9.17, 15) is 4.79 Å². The molecule has 2 rings (SSSR count). The highest BCUT2D eigenvalue weighted by Crippen LogP contribution is 2.24. The van der Waals surface area contributed by atoms with Gasteiger partial charge in [-0.15, -0.1) is 0 Å². The summed E-state index contributed by atoms with van der Waals surface area (Å²) in [6, 6.07) is 14.9. The molecule has 2 aromatic carbocycles. The lowest BCUT2D eigenvalue weighted by molar-refractivity contribution is 0.0988. The number of halogens is 1. The Morgan fingerprint density at radius 1 is 1.16 bits per heavy atom. The summed E-state index contributed by atoms with van der Waals surface area (Å²) in [7, 11) is 0. The second-order valence-electron chi connectivity index (χ2n) is 4.12. The van der Waals surface area contributed by atoms with Crippen LogP contribution >= 0.6 is 22.6 Å². The Morgan fingerprint density at radius 2 is 1.79 bits per heavy atom. The Balaban J connectivity index is 2.35. The molecule has 0 fully saturated rings. The zero-order valence-electron chi connectivity index (χ0n) is 10.6. The fourth-order valence-corrected chi connectivity index (χ4v) is 2.26. The number of rotatable bonds is 3. The van der Waals surface area contributed by atoms with Crippen LogP contribution in [-0.4, -0.2) is 12.5 Å². The maximum absolute atomic E-state index is 12.5. The molecule has 0 heterocycles. The first-order valence-corrected chi connectivity index (χ1v) is 7.13. The van der Waals surface area contributed by atoms with Gasteiger partial charge in [-0.1, -0.05) is 12.1 Å². The summed E-state index contributed by atoms with van der Waals surface area (Å²) in [6.07, 6.45) is 0. The second-order valence-corrected chi connectivity index (χ2v) is 5.36. The van der Waals surface area contributed by atoms with Crippen molar-refractivity contribution < 1.29 is 4.79 Å². The quantitative estimate of drug-likeness (QED) is 0.667. The molecule has 1 amide bonds. The first kappa shape index (κ1) is 13.9. The van der Waals surface area contributed by atoms with E-state index in [1.165, 1.54) is 0 Å². The van der Waals surface area contributed by atoms with Crippen LogP contribution in [0.5, 0.6) is 0 Å². The summed E-state index contributed by atoms with van der Waals surface area (Å²) < 4.78 is 1.11. The number of anilines is 2. The van der Waals surface area contributed by atoms with E-state index < -0.39 is 0 Å². The molecule has 19 heavy (non-hydrogen) atoms. The first-order chi connectivity index (χ1) is 9.13. The molecule has 2 N–H and O–H groups in total. The molecule has 4 heteroatoms. The van der Waals surface area contributed by atoms with Crippen molar-refractivity contribution >= 4 is 39.9 Å². The lowest BCUT2D eigenvalue weighted by Crippen LogP contribution is -2.31. The molecular weight excluding hydrogens is 351 g/mol. The number of hydrogen-bond acceptors (Lipinski definition) is 2. The third-order valence-electron chi connectivity index (χ3n) is 2.88. The van der Waals surface area contributed by atoms with Gasteiger partial charge in [0, 0.05) is 15.7 Å². The summed E-state index contributed by atoms with van der Waals surface area (Å²) >= 11 is 2.22. The minimum atomic E-state index is -0.0307. The van der Waals surface area contributed by atoms with Gasteiger partial charge in [-0.3, -0.25) is 4.79 Å². The highest BCUT2D eigenvalue weighted by molar-refractivity contribution is 14.1. The maximum Gasteiger partial charge on any atom is 0.258 e. The topological polar surface area (TPSA) is 46.3 Å². The van der Waals surface area contributed by atoms with Crippen molar-refractivity contribution in [2.45, 2.75) is 6.92 Å². The molecule has 3 nitrogen and oxygen atoms in total. The number of nitrogen functional groups attached to an aromatic ring is 1. The van der Waals surface area contributed by atoms with Crippen LogP contribution < -0.4 is 10.6 Å². The highest BCUT2D eigenvalue weighted by Gasteiger charge is 2.17. The number of hydrogen-bond donors (Lipinski definition) is 1. The van der Waals surface area contributed by atoms with Gasteiger partial charge in [0.25, 0.3) is 5.91 Å². The van der Waals surface area contributed by atoms with Crippen LogP contribution in [0.2, 0.25) is 0 Å². The maximum atomic E-state index is 12.5. The van der Waals surface area contributed by atoms with E-state index in [4.69, 9.17) is 5.73 Å². The van der Waals surface area contributed by atoms with Gasteiger partial charge in [-0.2, -0.15) is 0 Å². The average Bonchev–Trinajstić information content (AvgIpc) is 2.42. The molecule has 2 aromatic rings. The SMILES string of the molecule is CCN(C(=O)c1ccc(I)cc1)c1ccccc1N. The predicted octanol–water partition coefficient (Wildman–Crippen LogP) is 3.54. The third kappa shape index (κ3) is 3.07. The molecule has 0 bridgehead atoms. The lowest BCUT2D eigenvalue weighted by Gasteiger charge is -2.22. The standard InChI is InChI=1S/C15H15IN2O/c1-2-18(14-6-4-3-5-13(14)17)15(19)11-7-9-12(16)10-8-11/h3-10H,2,17H2,1H3. The van der Waals surface area contributed by atoms with Gasteiger partial charge < -0.3 is 10.6 Å². The Bertz CT molecular complexity index is 581. The molecule has 0 saturated carbocycles. The van der Waals surface area contributed by atoms with E-state index in [0.29, 0.717) is 17.8 Å². The van der Waals surface area contributed by atoms with E-state index in [2.05, 4.69) is 22.6 Å². The van der Waals surface area contributed by atoms with Crippen LogP contribution in [0.15, 0.2) is 48.5 Å². The molecule has 0 atom stereocenters. The number of carbonyl (C=O) groups excluding carboxylic acids is 1. The van der Waals surface area contributed by atoms with E-state index in [-0.39, 0.29) is 5.91 Å². The van der Waals surface area contributed by atoms with Crippen molar-refractivity contribution in [3.63, 3.8) is 0 Å². The number of nitrogens with zero attached hydrogens (tertiary/aromatic N) is 1. The van der Waals surface area contributed by atoms with Crippen LogP contribution in [0.25, 0.3) is 0 Å². The zero-order chi connectivity index (χ0) is 13.8. The Hall–Kier alpha value is -1.56. The number of para-hydroxylation sites is 2. The third-order valence-corrected chi connectivity index (χ3v) is 3.60. The Labute approximate surface area is 126 Å². The van der Waals surface area contributed by atoms with Gasteiger partial charge in [0.05, 0.1) is 11.4 Å². The molecule has 0 aliphatic heterocycles. The molecule has 0 spiro atoms. The minimum absolute atomic E-state index is 0.0307.